The van der Waals surface area contributed by atoms with Gasteiger partial charge in [-0.3, -0.25) is 14.7 Å². The van der Waals surface area contributed by atoms with Crippen LogP contribution in [0.1, 0.15) is 101 Å². The average Bonchev–Trinajstić information content (AvgIpc) is 1.70. The Labute approximate surface area is 516 Å². The summed E-state index contributed by atoms with van der Waals surface area (Å²) in [6, 6.07) is 21.7. The Morgan fingerprint density at radius 2 is 0.877 bits per heavy atom. The molecule has 21 heteroatoms. The highest BCUT2D eigenvalue weighted by Gasteiger charge is 2.24. The molecule has 0 radical (unpaired) electrons. The van der Waals surface area contributed by atoms with E-state index in [1.807, 2.05) is 67.0 Å². The largest absolute Gasteiger partial charge is 0.367 e. The number of piperidine rings is 3. The van der Waals surface area contributed by atoms with Gasteiger partial charge < -0.3 is 15.9 Å². The molecule has 3 aromatic carbocycles. The average molecular weight is 1210 g/mol. The zero-order valence-corrected chi connectivity index (χ0v) is 48.9. The molecule has 3 aliphatic rings. The first-order valence-corrected chi connectivity index (χ1v) is 29.6. The molecule has 15 nitrogen and oxygen atoms in total. The summed E-state index contributed by atoms with van der Waals surface area (Å²) < 4.78 is 102. The molecule has 0 saturated carbocycles. The number of rotatable bonds is 12. The van der Waals surface area contributed by atoms with Crippen LogP contribution >= 0.6 is 68.8 Å². The Balaban J connectivity index is 0.000000153. The Hall–Kier alpha value is -6.60. The minimum absolute atomic E-state index is 0.00107. The van der Waals surface area contributed by atoms with E-state index in [0.717, 1.165) is 61.4 Å². The van der Waals surface area contributed by atoms with Gasteiger partial charge in [-0.25, -0.2) is 29.9 Å². The second-order valence-electron chi connectivity index (χ2n) is 19.5. The standard InChI is InChI=1S/3C20H20ClN5S/c3*1-13-2-3-14(8-15(13)10-22)11-26-6-4-16(5-7-26)25-19-17-9-18(21)27-20(17)24-12-23-19/h3*2-3,8-9,12,16H,4-7,11H2,1H3,(H,23,24,25)/i9D,11D,12D,16D;9D,11D,12D;9D,11D/hD3. The number of fused-ring (bicyclic) bond motifs is 3. The summed E-state index contributed by atoms with van der Waals surface area (Å²) in [5.41, 5.74) is 6.72. The van der Waals surface area contributed by atoms with Crippen LogP contribution in [0, 0.1) is 54.8 Å². The fraction of sp³-hybridized carbons (Fsp3) is 0.350. The first-order valence-electron chi connectivity index (χ1n) is 32.0. The van der Waals surface area contributed by atoms with E-state index in [9.17, 15) is 15.8 Å². The van der Waals surface area contributed by atoms with Crippen molar-refractivity contribution in [3.8, 4) is 18.2 Å². The Bertz CT molecular complexity index is 4390. The third-order valence-corrected chi connectivity index (χ3v) is 17.2. The lowest BCUT2D eigenvalue weighted by molar-refractivity contribution is 0.211. The molecule has 9 aromatic rings. The Morgan fingerprint density at radius 1 is 0.531 bits per heavy atom. The Morgan fingerprint density at radius 3 is 1.26 bits per heavy atom. The van der Waals surface area contributed by atoms with Crippen LogP contribution in [0.25, 0.3) is 30.6 Å². The van der Waals surface area contributed by atoms with Gasteiger partial charge in [-0.15, -0.1) is 34.0 Å². The van der Waals surface area contributed by atoms with Crippen LogP contribution in [-0.2, 0) is 19.6 Å². The van der Waals surface area contributed by atoms with E-state index in [1.54, 1.807) is 18.2 Å². The van der Waals surface area contributed by atoms with Crippen LogP contribution in [0.15, 0.2) is 91.7 Å². The number of likely N-dealkylation sites (tertiary alicyclic amines) is 3. The predicted octanol–water partition coefficient (Wildman–Crippen LogP) is 13.8. The van der Waals surface area contributed by atoms with Crippen molar-refractivity contribution in [1.29, 1.82) is 15.8 Å². The van der Waals surface area contributed by atoms with Crippen LogP contribution in [0.2, 0.25) is 17.2 Å². The van der Waals surface area contributed by atoms with Crippen LogP contribution in [-0.4, -0.2) is 102 Å². The molecule has 9 heterocycles. The molecule has 0 amide bonds. The van der Waals surface area contributed by atoms with E-state index in [0.29, 0.717) is 117 Å². The summed E-state index contributed by atoms with van der Waals surface area (Å²) in [5, 5.41) is 32.6. The van der Waals surface area contributed by atoms with Crippen molar-refractivity contribution in [3.63, 3.8) is 0 Å². The van der Waals surface area contributed by atoms with Crippen LogP contribution < -0.4 is 15.9 Å². The molecule has 414 valence electrons. The molecule has 12 rings (SSSR count). The zero-order chi connectivity index (χ0) is 66.9. The lowest BCUT2D eigenvalue weighted by Crippen LogP contribution is -2.38. The molecule has 3 atom stereocenters. The van der Waals surface area contributed by atoms with Crippen molar-refractivity contribution >= 4 is 117 Å². The first kappa shape index (κ1) is 44.0. The number of benzene rings is 3. The highest BCUT2D eigenvalue weighted by Crippen LogP contribution is 2.35. The quantitative estimate of drug-likeness (QED) is 0.104. The van der Waals surface area contributed by atoms with E-state index in [4.69, 9.17) is 51.4 Å². The van der Waals surface area contributed by atoms with Gasteiger partial charge in [0.15, 0.2) is 4.24 Å². The molecular weight excluding hydrogens is 1130 g/mol. The van der Waals surface area contributed by atoms with Crippen LogP contribution in [0.5, 0.6) is 0 Å². The monoisotopic (exact) mass is 1200 g/mol. The minimum Gasteiger partial charge on any atom is -0.367 e. The van der Waals surface area contributed by atoms with Gasteiger partial charge in [-0.1, -0.05) is 71.2 Å². The van der Waals surface area contributed by atoms with Crippen molar-refractivity contribution in [2.45, 2.75) is 97.0 Å². The number of hydrogen-bond acceptors (Lipinski definition) is 18. The van der Waals surface area contributed by atoms with Crippen molar-refractivity contribution in [3.05, 3.63) is 155 Å². The van der Waals surface area contributed by atoms with Gasteiger partial charge in [0.1, 0.15) is 53.6 Å². The predicted molar refractivity (Wildman–Crippen MR) is 331 cm³/mol. The molecule has 3 saturated heterocycles. The minimum atomic E-state index is -1.34. The van der Waals surface area contributed by atoms with Crippen molar-refractivity contribution in [2.75, 3.05) is 55.2 Å². The van der Waals surface area contributed by atoms with E-state index in [-0.39, 0.29) is 81.4 Å². The number of anilines is 3. The zero-order valence-electron chi connectivity index (χ0n) is 56.2. The van der Waals surface area contributed by atoms with Crippen molar-refractivity contribution in [2.24, 2.45) is 0 Å². The lowest BCUT2D eigenvalue weighted by atomic mass is 10.0. The van der Waals surface area contributed by atoms with Gasteiger partial charge in [-0.2, -0.15) is 15.8 Å². The second kappa shape index (κ2) is 27.0. The van der Waals surface area contributed by atoms with Gasteiger partial charge in [0, 0.05) is 81.0 Å². The Kier molecular flexibility index (Phi) is 14.7. The topological polar surface area (TPSA) is 195 Å². The van der Waals surface area contributed by atoms with E-state index in [2.05, 4.69) is 53.0 Å². The normalized spacial score (nSPS) is 19.4. The summed E-state index contributed by atoms with van der Waals surface area (Å²) in [4.78, 5) is 32.0. The lowest BCUT2D eigenvalue weighted by Gasteiger charge is -2.32. The summed E-state index contributed by atoms with van der Waals surface area (Å²) in [7, 11) is 0. The summed E-state index contributed by atoms with van der Waals surface area (Å²) in [6.45, 7) is 7.20. The smallest absolute Gasteiger partial charge is 0.162 e. The molecule has 0 bridgehead atoms. The third-order valence-electron chi connectivity index (χ3n) is 13.9. The molecule has 0 spiro atoms. The van der Waals surface area contributed by atoms with Gasteiger partial charge in [0.25, 0.3) is 0 Å². The molecular formula is C60H60Cl3N15S3. The van der Waals surface area contributed by atoms with E-state index >= 15 is 0 Å². The molecule has 3 fully saturated rings. The summed E-state index contributed by atoms with van der Waals surface area (Å²) in [6.07, 6.45) is 4.14. The SMILES string of the molecule is [2H]c1c(Cl)sc2ncnc(N([2H])C3CCN(C([2H])c4ccc(C)c(C#N)c4)CC3)c12.[2H]c1nc(N([2H])C2([2H])CCN(C([2H])c3ccc(C)c(C#N)c3)CC2)c2c([2H])c(Cl)sc2n1.[2H]c1nc(N([2H])C2CCN(C([2H])c3ccc(C)c(C#N)c3)CC2)c2c([2H])c(Cl)sc2n1. The highest BCUT2D eigenvalue weighted by atomic mass is 35.5. The molecule has 81 heavy (non-hydrogen) atoms. The maximum atomic E-state index is 9.27. The number of aryl methyl sites for hydroxylation is 3. The number of hydrogen-bond donors (Lipinski definition) is 3. The highest BCUT2D eigenvalue weighted by molar-refractivity contribution is 7.23. The number of aromatic nitrogens is 6. The summed E-state index contributed by atoms with van der Waals surface area (Å²) >= 11 is 21.6. The van der Waals surface area contributed by atoms with E-state index in [1.165, 1.54) is 28.3 Å². The second-order valence-corrected chi connectivity index (χ2v) is 24.3. The van der Waals surface area contributed by atoms with E-state index < -0.39 is 25.6 Å². The first-order chi connectivity index (χ1) is 44.3. The van der Waals surface area contributed by atoms with Gasteiger partial charge >= 0.3 is 0 Å². The van der Waals surface area contributed by atoms with Crippen molar-refractivity contribution < 1.29 is 16.6 Å². The molecule has 0 aliphatic carbocycles. The molecule has 3 N–H and O–H groups in total. The molecule has 6 aromatic heterocycles. The maximum Gasteiger partial charge on any atom is 0.162 e. The fourth-order valence-electron chi connectivity index (χ4n) is 9.42. The third kappa shape index (κ3) is 14.9. The maximum absolute atomic E-state index is 9.27. The number of nitrogens with zero attached hydrogens (tertiary/aromatic N) is 12. The van der Waals surface area contributed by atoms with Gasteiger partial charge in [-0.05, 0) is 129 Å². The number of nitrogens with one attached hydrogen (secondary N) is 3. The van der Waals surface area contributed by atoms with Crippen molar-refractivity contribution in [1.82, 2.24) is 44.6 Å². The number of halogens is 3. The number of thiophene rings is 3. The summed E-state index contributed by atoms with van der Waals surface area (Å²) in [5.74, 6) is 0.684. The van der Waals surface area contributed by atoms with Gasteiger partial charge in [0.2, 0.25) is 0 Å². The fourth-order valence-corrected chi connectivity index (χ4v) is 12.3. The van der Waals surface area contributed by atoms with Gasteiger partial charge in [0.05, 0.1) is 69.5 Å². The molecule has 3 aliphatic heterocycles. The number of nitriles is 3. The molecule has 3 unspecified atom stereocenters. The van der Waals surface area contributed by atoms with Crippen LogP contribution in [0.3, 0.4) is 0 Å². The van der Waals surface area contributed by atoms with Crippen LogP contribution in [0.4, 0.5) is 17.5 Å².